The lowest BCUT2D eigenvalue weighted by Crippen LogP contribution is -2.42. The Hall–Kier alpha value is -3.86. The minimum absolute atomic E-state index is 0.00168. The van der Waals surface area contributed by atoms with Crippen LogP contribution in [-0.2, 0) is 26.1 Å². The van der Waals surface area contributed by atoms with Crippen molar-refractivity contribution in [3.8, 4) is 11.3 Å². The second kappa shape index (κ2) is 11.6. The van der Waals surface area contributed by atoms with E-state index in [0.29, 0.717) is 24.2 Å². The number of nitrogens with zero attached hydrogens (tertiary/aromatic N) is 4. The number of amides is 2. The number of likely N-dealkylation sites (N-methyl/N-ethyl adjacent to an activating group) is 1. The second-order valence-corrected chi connectivity index (χ2v) is 13.2. The number of anilines is 1. The second-order valence-electron chi connectivity index (χ2n) is 11.4. The molecule has 0 radical (unpaired) electrons. The van der Waals surface area contributed by atoms with E-state index in [1.54, 1.807) is 77.1 Å². The predicted octanol–water partition coefficient (Wildman–Crippen LogP) is 4.96. The van der Waals surface area contributed by atoms with Crippen molar-refractivity contribution >= 4 is 27.7 Å². The molecule has 1 atom stereocenters. The van der Waals surface area contributed by atoms with Crippen LogP contribution in [0.1, 0.15) is 39.2 Å². The highest BCUT2D eigenvalue weighted by molar-refractivity contribution is 7.90. The fourth-order valence-corrected chi connectivity index (χ4v) is 6.32. The highest BCUT2D eigenvalue weighted by Gasteiger charge is 2.33. The van der Waals surface area contributed by atoms with Crippen molar-refractivity contribution in [2.24, 2.45) is 0 Å². The van der Waals surface area contributed by atoms with Crippen LogP contribution >= 0.6 is 0 Å². The van der Waals surface area contributed by atoms with Gasteiger partial charge in [-0.25, -0.2) is 21.6 Å². The van der Waals surface area contributed by atoms with Crippen LogP contribution in [0.4, 0.5) is 14.9 Å². The molecule has 2 amide bonds. The molecule has 41 heavy (non-hydrogen) atoms. The zero-order valence-electron chi connectivity index (χ0n) is 24.3. The summed E-state index contributed by atoms with van der Waals surface area (Å²) >= 11 is 0. The summed E-state index contributed by atoms with van der Waals surface area (Å²) < 4.78 is 49.6. The molecule has 220 valence electrons. The molecule has 0 spiro atoms. The first-order valence-electron chi connectivity index (χ1n) is 13.4. The van der Waals surface area contributed by atoms with Crippen molar-refractivity contribution in [1.29, 1.82) is 0 Å². The van der Waals surface area contributed by atoms with Gasteiger partial charge in [0.1, 0.15) is 17.5 Å². The molecular weight excluding hydrogens is 547 g/mol. The van der Waals surface area contributed by atoms with Crippen molar-refractivity contribution in [1.82, 2.24) is 13.8 Å². The van der Waals surface area contributed by atoms with Gasteiger partial charge in [-0.3, -0.25) is 4.79 Å². The lowest BCUT2D eigenvalue weighted by molar-refractivity contribution is -0.129. The van der Waals surface area contributed by atoms with Crippen LogP contribution in [-0.4, -0.2) is 73.5 Å². The highest BCUT2D eigenvalue weighted by Crippen LogP contribution is 2.32. The Bertz CT molecular complexity index is 1540. The van der Waals surface area contributed by atoms with Crippen LogP contribution < -0.4 is 4.90 Å². The SMILES string of the molecule is CN(C)C(=O)[C@@H]1CCCN1c1cccc(S(=O)(=O)n2cc(CN(C)C(=O)OC(C)(C)C)cc2-c2ccccc2F)c1. The molecule has 11 heteroatoms. The third-order valence-corrected chi connectivity index (χ3v) is 8.47. The Balaban J connectivity index is 1.75. The van der Waals surface area contributed by atoms with Gasteiger partial charge in [-0.2, -0.15) is 0 Å². The molecule has 1 fully saturated rings. The molecule has 0 N–H and O–H groups in total. The van der Waals surface area contributed by atoms with Crippen molar-refractivity contribution in [2.45, 2.75) is 56.7 Å². The van der Waals surface area contributed by atoms with Crippen LogP contribution in [0.25, 0.3) is 11.3 Å². The lowest BCUT2D eigenvalue weighted by Gasteiger charge is -2.28. The Morgan fingerprint density at radius 1 is 1.05 bits per heavy atom. The Morgan fingerprint density at radius 3 is 2.41 bits per heavy atom. The quantitative estimate of drug-likeness (QED) is 0.390. The van der Waals surface area contributed by atoms with E-state index in [0.717, 1.165) is 10.4 Å². The van der Waals surface area contributed by atoms with Gasteiger partial charge in [0.05, 0.1) is 17.1 Å². The van der Waals surface area contributed by atoms with E-state index < -0.39 is 27.5 Å². The summed E-state index contributed by atoms with van der Waals surface area (Å²) in [5.41, 5.74) is 0.633. The van der Waals surface area contributed by atoms with Crippen LogP contribution in [0, 0.1) is 5.82 Å². The summed E-state index contributed by atoms with van der Waals surface area (Å²) in [5.74, 6) is -0.619. The van der Waals surface area contributed by atoms with Crippen molar-refractivity contribution in [3.05, 3.63) is 72.2 Å². The topological polar surface area (TPSA) is 92.2 Å². The summed E-state index contributed by atoms with van der Waals surface area (Å²) in [5, 5.41) is 0. The van der Waals surface area contributed by atoms with Crippen LogP contribution in [0.15, 0.2) is 65.7 Å². The number of benzene rings is 2. The maximum Gasteiger partial charge on any atom is 0.410 e. The Morgan fingerprint density at radius 2 is 1.76 bits per heavy atom. The molecule has 1 aromatic heterocycles. The third-order valence-electron chi connectivity index (χ3n) is 6.80. The predicted molar refractivity (Wildman–Crippen MR) is 156 cm³/mol. The van der Waals surface area contributed by atoms with Gasteiger partial charge in [0, 0.05) is 45.1 Å². The molecular formula is C30H37FN4O5S. The average Bonchev–Trinajstić information content (AvgIpc) is 3.55. The van der Waals surface area contributed by atoms with E-state index in [2.05, 4.69) is 0 Å². The molecule has 0 bridgehead atoms. The minimum atomic E-state index is -4.21. The molecule has 1 saturated heterocycles. The standard InChI is InChI=1S/C30H37FN4O5S/c1-30(2,3)40-29(37)33(6)19-21-17-27(24-13-7-8-14-25(24)31)35(20-21)41(38,39)23-12-9-11-22(18-23)34-16-10-15-26(34)28(36)32(4)5/h7-9,11-14,17-18,20,26H,10,15-16,19H2,1-6H3/t26-/m0/s1. The summed E-state index contributed by atoms with van der Waals surface area (Å²) in [4.78, 5) is 30.1. The maximum absolute atomic E-state index is 14.9. The monoisotopic (exact) mass is 584 g/mol. The Labute approximate surface area is 241 Å². The molecule has 2 heterocycles. The number of carbonyl (C=O) groups is 2. The molecule has 0 unspecified atom stereocenters. The first-order chi connectivity index (χ1) is 19.2. The van der Waals surface area contributed by atoms with Gasteiger partial charge in [-0.1, -0.05) is 18.2 Å². The zero-order valence-corrected chi connectivity index (χ0v) is 25.1. The lowest BCUT2D eigenvalue weighted by atomic mass is 10.1. The summed E-state index contributed by atoms with van der Waals surface area (Å²) in [7, 11) is 0.742. The van der Waals surface area contributed by atoms with E-state index >= 15 is 0 Å². The molecule has 0 saturated carbocycles. The van der Waals surface area contributed by atoms with Crippen LogP contribution in [0.2, 0.25) is 0 Å². The van der Waals surface area contributed by atoms with E-state index in [-0.39, 0.29) is 34.6 Å². The van der Waals surface area contributed by atoms with Crippen LogP contribution in [0.3, 0.4) is 0 Å². The average molecular weight is 585 g/mol. The highest BCUT2D eigenvalue weighted by atomic mass is 32.2. The van der Waals surface area contributed by atoms with Crippen molar-refractivity contribution < 1.29 is 27.1 Å². The number of rotatable bonds is 7. The third kappa shape index (κ3) is 6.56. The van der Waals surface area contributed by atoms with Gasteiger partial charge in [-0.05, 0) is 75.6 Å². The van der Waals surface area contributed by atoms with Gasteiger partial charge in [0.25, 0.3) is 10.0 Å². The molecule has 1 aliphatic rings. The van der Waals surface area contributed by atoms with E-state index in [1.165, 1.54) is 35.4 Å². The van der Waals surface area contributed by atoms with Crippen molar-refractivity contribution in [2.75, 3.05) is 32.6 Å². The fourth-order valence-electron chi connectivity index (χ4n) is 4.89. The first kappa shape index (κ1) is 30.1. The summed E-state index contributed by atoms with van der Waals surface area (Å²) in [6.07, 6.45) is 2.32. The molecule has 9 nitrogen and oxygen atoms in total. The van der Waals surface area contributed by atoms with E-state index in [4.69, 9.17) is 4.74 Å². The molecule has 2 aromatic carbocycles. The molecule has 0 aliphatic carbocycles. The van der Waals surface area contributed by atoms with Crippen LogP contribution in [0.5, 0.6) is 0 Å². The van der Waals surface area contributed by atoms with Gasteiger partial charge < -0.3 is 19.4 Å². The van der Waals surface area contributed by atoms with Gasteiger partial charge in [-0.15, -0.1) is 0 Å². The molecule has 1 aliphatic heterocycles. The molecule has 4 rings (SSSR count). The van der Waals surface area contributed by atoms with Gasteiger partial charge in [0.15, 0.2) is 0 Å². The van der Waals surface area contributed by atoms with Crippen molar-refractivity contribution in [3.63, 3.8) is 0 Å². The number of hydrogen-bond donors (Lipinski definition) is 0. The summed E-state index contributed by atoms with van der Waals surface area (Å²) in [6, 6.07) is 13.6. The maximum atomic E-state index is 14.9. The number of aromatic nitrogens is 1. The summed E-state index contributed by atoms with van der Waals surface area (Å²) in [6.45, 7) is 5.94. The van der Waals surface area contributed by atoms with E-state index in [1.807, 2.05) is 4.90 Å². The minimum Gasteiger partial charge on any atom is -0.444 e. The van der Waals surface area contributed by atoms with Gasteiger partial charge in [0.2, 0.25) is 5.91 Å². The largest absolute Gasteiger partial charge is 0.444 e. The smallest absolute Gasteiger partial charge is 0.410 e. The number of carbonyl (C=O) groups excluding carboxylic acids is 2. The first-order valence-corrected chi connectivity index (χ1v) is 14.9. The zero-order chi connectivity index (χ0) is 30.1. The normalized spacial score (nSPS) is 15.6. The van der Waals surface area contributed by atoms with Gasteiger partial charge >= 0.3 is 6.09 Å². The molecule has 3 aromatic rings. The number of hydrogen-bond acceptors (Lipinski definition) is 6. The van der Waals surface area contributed by atoms with E-state index in [9.17, 15) is 22.4 Å². The number of ether oxygens (including phenoxy) is 1. The number of halogens is 1. The Kier molecular flexibility index (Phi) is 8.49. The fraction of sp³-hybridized carbons (Fsp3) is 0.400.